The maximum atomic E-state index is 8.61. The van der Waals surface area contributed by atoms with Crippen molar-refractivity contribution in [1.82, 2.24) is 5.32 Å². The predicted molar refractivity (Wildman–Crippen MR) is 72.1 cm³/mol. The van der Waals surface area contributed by atoms with Crippen molar-refractivity contribution in [2.75, 3.05) is 18.5 Å². The Hall–Kier alpha value is -0.840. The molecule has 3 N–H and O–H groups in total. The lowest BCUT2D eigenvalue weighted by Crippen LogP contribution is -2.29. The maximum Gasteiger partial charge on any atom is 0.170 e. The van der Waals surface area contributed by atoms with Crippen molar-refractivity contribution in [3.8, 4) is 0 Å². The van der Waals surface area contributed by atoms with Crippen LogP contribution in [0.1, 0.15) is 12.0 Å². The summed E-state index contributed by atoms with van der Waals surface area (Å²) in [5, 5.41) is 15.9. The summed E-state index contributed by atoms with van der Waals surface area (Å²) in [5.41, 5.74) is 1.89. The Morgan fingerprint density at radius 1 is 1.50 bits per heavy atom. The normalized spacial score (nSPS) is 9.94. The van der Waals surface area contributed by atoms with Crippen LogP contribution in [0.2, 0.25) is 5.02 Å². The van der Waals surface area contributed by atoms with Crippen molar-refractivity contribution in [2.45, 2.75) is 13.3 Å². The van der Waals surface area contributed by atoms with Gasteiger partial charge in [0.05, 0.1) is 0 Å². The molecule has 0 fully saturated rings. The average molecular weight is 259 g/mol. The van der Waals surface area contributed by atoms with Gasteiger partial charge in [0, 0.05) is 23.9 Å². The minimum atomic E-state index is 0.159. The van der Waals surface area contributed by atoms with Crippen LogP contribution < -0.4 is 10.6 Å². The third kappa shape index (κ3) is 4.35. The van der Waals surface area contributed by atoms with Gasteiger partial charge >= 0.3 is 0 Å². The molecule has 0 saturated heterocycles. The average Bonchev–Trinajstić information content (AvgIpc) is 2.24. The van der Waals surface area contributed by atoms with Crippen LogP contribution in [-0.4, -0.2) is 23.4 Å². The molecule has 0 aliphatic heterocycles. The predicted octanol–water partition coefficient (Wildman–Crippen LogP) is 2.32. The lowest BCUT2D eigenvalue weighted by molar-refractivity contribution is 0.289. The number of halogens is 1. The molecule has 88 valence electrons. The van der Waals surface area contributed by atoms with Gasteiger partial charge in [0.25, 0.3) is 0 Å². The third-order valence-corrected chi connectivity index (χ3v) is 2.70. The number of anilines is 1. The molecule has 0 atom stereocenters. The Kier molecular flexibility index (Phi) is 5.52. The second kappa shape index (κ2) is 6.68. The van der Waals surface area contributed by atoms with Gasteiger partial charge in [-0.3, -0.25) is 0 Å². The lowest BCUT2D eigenvalue weighted by Gasteiger charge is -2.10. The molecule has 0 spiro atoms. The fraction of sp³-hybridized carbons (Fsp3) is 0.364. The number of aryl methyl sites for hydroxylation is 1. The Labute approximate surface area is 106 Å². The van der Waals surface area contributed by atoms with Gasteiger partial charge in [-0.2, -0.15) is 0 Å². The van der Waals surface area contributed by atoms with E-state index in [4.69, 9.17) is 28.9 Å². The fourth-order valence-electron chi connectivity index (χ4n) is 1.13. The van der Waals surface area contributed by atoms with E-state index in [0.29, 0.717) is 23.1 Å². The van der Waals surface area contributed by atoms with Crippen molar-refractivity contribution < 1.29 is 5.11 Å². The van der Waals surface area contributed by atoms with E-state index in [1.54, 1.807) is 0 Å². The first-order valence-electron chi connectivity index (χ1n) is 5.05. The molecule has 0 aliphatic carbocycles. The standard InChI is InChI=1S/C11H15ClN2OS/c1-8-3-4-9(7-10(8)12)14-11(16)13-5-2-6-15/h3-4,7,15H,2,5-6H2,1H3,(H2,13,14,16). The van der Waals surface area contributed by atoms with Gasteiger partial charge in [-0.1, -0.05) is 17.7 Å². The molecule has 1 aromatic rings. The van der Waals surface area contributed by atoms with Gasteiger partial charge in [0.15, 0.2) is 5.11 Å². The van der Waals surface area contributed by atoms with E-state index < -0.39 is 0 Å². The molecular weight excluding hydrogens is 244 g/mol. The largest absolute Gasteiger partial charge is 0.396 e. The monoisotopic (exact) mass is 258 g/mol. The van der Waals surface area contributed by atoms with Gasteiger partial charge in [-0.25, -0.2) is 0 Å². The Morgan fingerprint density at radius 3 is 2.88 bits per heavy atom. The summed E-state index contributed by atoms with van der Waals surface area (Å²) in [6.07, 6.45) is 0.677. The van der Waals surface area contributed by atoms with Gasteiger partial charge in [0.1, 0.15) is 0 Å². The summed E-state index contributed by atoms with van der Waals surface area (Å²) in [6, 6.07) is 5.68. The molecule has 0 heterocycles. The number of aliphatic hydroxyl groups excluding tert-OH is 1. The first kappa shape index (κ1) is 13.2. The highest BCUT2D eigenvalue weighted by atomic mass is 35.5. The van der Waals surface area contributed by atoms with Crippen molar-refractivity contribution in [1.29, 1.82) is 0 Å². The molecule has 0 unspecified atom stereocenters. The molecule has 0 radical (unpaired) electrons. The van der Waals surface area contributed by atoms with Crippen LogP contribution in [-0.2, 0) is 0 Å². The van der Waals surface area contributed by atoms with Crippen LogP contribution in [0.15, 0.2) is 18.2 Å². The third-order valence-electron chi connectivity index (χ3n) is 2.05. The van der Waals surface area contributed by atoms with E-state index in [0.717, 1.165) is 11.3 Å². The van der Waals surface area contributed by atoms with Gasteiger partial charge in [-0.05, 0) is 43.3 Å². The van der Waals surface area contributed by atoms with Crippen LogP contribution >= 0.6 is 23.8 Å². The lowest BCUT2D eigenvalue weighted by atomic mass is 10.2. The fourth-order valence-corrected chi connectivity index (χ4v) is 1.53. The van der Waals surface area contributed by atoms with E-state index >= 15 is 0 Å². The number of nitrogens with one attached hydrogen (secondary N) is 2. The molecule has 3 nitrogen and oxygen atoms in total. The number of aliphatic hydroxyl groups is 1. The minimum absolute atomic E-state index is 0.159. The topological polar surface area (TPSA) is 44.3 Å². The van der Waals surface area contributed by atoms with E-state index in [-0.39, 0.29) is 6.61 Å². The maximum absolute atomic E-state index is 8.61. The summed E-state index contributed by atoms with van der Waals surface area (Å²) >= 11 is 11.1. The van der Waals surface area contributed by atoms with Crippen molar-refractivity contribution in [2.24, 2.45) is 0 Å². The summed E-state index contributed by atoms with van der Waals surface area (Å²) < 4.78 is 0. The highest BCUT2D eigenvalue weighted by molar-refractivity contribution is 7.80. The van der Waals surface area contributed by atoms with Gasteiger partial charge in [0.2, 0.25) is 0 Å². The van der Waals surface area contributed by atoms with Crippen LogP contribution in [0, 0.1) is 6.92 Å². The number of hydrogen-bond acceptors (Lipinski definition) is 2. The number of rotatable bonds is 4. The molecule has 0 bridgehead atoms. The van der Waals surface area contributed by atoms with E-state index in [2.05, 4.69) is 10.6 Å². The molecule has 1 rings (SSSR count). The van der Waals surface area contributed by atoms with Gasteiger partial charge < -0.3 is 15.7 Å². The highest BCUT2D eigenvalue weighted by Crippen LogP contribution is 2.19. The molecule has 0 saturated carbocycles. The second-order valence-electron chi connectivity index (χ2n) is 3.42. The first-order valence-corrected chi connectivity index (χ1v) is 5.84. The van der Waals surface area contributed by atoms with Crippen molar-refractivity contribution in [3.05, 3.63) is 28.8 Å². The van der Waals surface area contributed by atoms with E-state index in [9.17, 15) is 0 Å². The molecule has 1 aromatic carbocycles. The Balaban J connectivity index is 2.46. The van der Waals surface area contributed by atoms with Crippen LogP contribution in [0.5, 0.6) is 0 Å². The number of hydrogen-bond donors (Lipinski definition) is 3. The van der Waals surface area contributed by atoms with Gasteiger partial charge in [-0.15, -0.1) is 0 Å². The summed E-state index contributed by atoms with van der Waals surface area (Å²) in [6.45, 7) is 2.76. The molecule has 5 heteroatoms. The zero-order valence-electron chi connectivity index (χ0n) is 9.09. The molecule has 0 amide bonds. The quantitative estimate of drug-likeness (QED) is 0.573. The summed E-state index contributed by atoms with van der Waals surface area (Å²) in [7, 11) is 0. The van der Waals surface area contributed by atoms with E-state index in [1.807, 2.05) is 25.1 Å². The summed E-state index contributed by atoms with van der Waals surface area (Å²) in [5.74, 6) is 0. The second-order valence-corrected chi connectivity index (χ2v) is 4.24. The van der Waals surface area contributed by atoms with E-state index in [1.165, 1.54) is 0 Å². The zero-order valence-corrected chi connectivity index (χ0v) is 10.7. The minimum Gasteiger partial charge on any atom is -0.396 e. The number of benzene rings is 1. The molecule has 0 aliphatic rings. The Bertz CT molecular complexity index is 371. The number of thiocarbonyl (C=S) groups is 1. The summed E-state index contributed by atoms with van der Waals surface area (Å²) in [4.78, 5) is 0. The zero-order chi connectivity index (χ0) is 12.0. The SMILES string of the molecule is Cc1ccc(NC(=S)NCCCO)cc1Cl. The molecule has 16 heavy (non-hydrogen) atoms. The van der Waals surface area contributed by atoms with Crippen LogP contribution in [0.4, 0.5) is 5.69 Å². The van der Waals surface area contributed by atoms with Crippen LogP contribution in [0.25, 0.3) is 0 Å². The molecule has 0 aromatic heterocycles. The first-order chi connectivity index (χ1) is 7.63. The molecular formula is C11H15ClN2OS. The van der Waals surface area contributed by atoms with Crippen LogP contribution in [0.3, 0.4) is 0 Å². The smallest absolute Gasteiger partial charge is 0.170 e. The highest BCUT2D eigenvalue weighted by Gasteiger charge is 1.99. The Morgan fingerprint density at radius 2 is 2.25 bits per heavy atom. The van der Waals surface area contributed by atoms with Crippen molar-refractivity contribution >= 4 is 34.6 Å². The van der Waals surface area contributed by atoms with Crippen molar-refractivity contribution in [3.63, 3.8) is 0 Å².